The maximum atomic E-state index is 14.2. The number of ether oxygens (including phenoxy) is 1. The van der Waals surface area contributed by atoms with E-state index in [1.807, 2.05) is 0 Å². The van der Waals surface area contributed by atoms with E-state index in [0.29, 0.717) is 24.3 Å². The summed E-state index contributed by atoms with van der Waals surface area (Å²) in [7, 11) is 0. The number of hydrogen-bond acceptors (Lipinski definition) is 5. The summed E-state index contributed by atoms with van der Waals surface area (Å²) in [5.74, 6) is -23.1. The predicted molar refractivity (Wildman–Crippen MR) is 96.8 cm³/mol. The lowest BCUT2D eigenvalue weighted by Crippen LogP contribution is -2.52. The number of nitrogens with zero attached hydrogens (tertiary/aromatic N) is 2. The first kappa shape index (κ1) is 29.4. The Labute approximate surface area is 197 Å². The molecule has 0 fully saturated rings. The van der Waals surface area contributed by atoms with Crippen LogP contribution in [0.3, 0.4) is 0 Å². The quantitative estimate of drug-likeness (QED) is 0.157. The molecule has 0 amide bonds. The monoisotopic (exact) mass is 552 g/mol. The average Bonchev–Trinajstić information content (AvgIpc) is 2.78. The van der Waals surface area contributed by atoms with Crippen molar-refractivity contribution in [2.75, 3.05) is 0 Å². The molecule has 200 valence electrons. The molecule has 2 rings (SSSR count). The highest BCUT2D eigenvalue weighted by atomic mass is 19.4. The molecule has 0 bridgehead atoms. The Balaban J connectivity index is 2.34. The van der Waals surface area contributed by atoms with Crippen LogP contribution in [0.5, 0.6) is 11.5 Å². The van der Waals surface area contributed by atoms with Gasteiger partial charge in [0.15, 0.2) is 0 Å². The van der Waals surface area contributed by atoms with Crippen molar-refractivity contribution in [2.24, 2.45) is 9.98 Å². The molecule has 2 aromatic carbocycles. The summed E-state index contributed by atoms with van der Waals surface area (Å²) in [5, 5.41) is 0. The van der Waals surface area contributed by atoms with E-state index in [2.05, 4.69) is 0 Å². The largest absolute Gasteiger partial charge is 0.457 e. The van der Waals surface area contributed by atoms with Gasteiger partial charge in [0.05, 0.1) is 0 Å². The van der Waals surface area contributed by atoms with Crippen LogP contribution < -0.4 is 4.74 Å². The van der Waals surface area contributed by atoms with Gasteiger partial charge >= 0.3 is 35.8 Å². The van der Waals surface area contributed by atoms with Crippen LogP contribution in [-0.2, 0) is 21.4 Å². The van der Waals surface area contributed by atoms with Crippen LogP contribution in [0, 0.1) is 0 Å². The highest BCUT2D eigenvalue weighted by Crippen LogP contribution is 2.53. The summed E-state index contributed by atoms with van der Waals surface area (Å²) in [4.78, 5) is 23.3. The molecule has 0 aliphatic heterocycles. The first-order chi connectivity index (χ1) is 16.8. The van der Waals surface area contributed by atoms with Gasteiger partial charge in [-0.1, -0.05) is 0 Å². The lowest BCUT2D eigenvalue weighted by atomic mass is 9.98. The van der Waals surface area contributed by atoms with Gasteiger partial charge in [-0.25, -0.2) is 9.59 Å². The molecule has 0 heterocycles. The zero-order chi connectivity index (χ0) is 28.5. The van der Waals surface area contributed by atoms with Crippen LogP contribution in [0.15, 0.2) is 58.5 Å². The fraction of sp³-hybridized carbons (Fsp3) is 0.300. The average molecular weight is 552 g/mol. The van der Waals surface area contributed by atoms with E-state index in [9.17, 15) is 62.3 Å². The van der Waals surface area contributed by atoms with E-state index in [0.717, 1.165) is 0 Å². The van der Waals surface area contributed by atoms with Crippen molar-refractivity contribution in [1.29, 1.82) is 0 Å². The van der Waals surface area contributed by atoms with Crippen molar-refractivity contribution in [3.05, 3.63) is 59.7 Å². The van der Waals surface area contributed by atoms with E-state index in [4.69, 9.17) is 4.74 Å². The normalized spacial score (nSPS) is 16.0. The molecule has 0 saturated carbocycles. The molecule has 0 aliphatic carbocycles. The topological polar surface area (TPSA) is 68.1 Å². The molecule has 2 atom stereocenters. The van der Waals surface area contributed by atoms with Gasteiger partial charge in [0, 0.05) is 11.1 Å². The molecule has 17 heteroatoms. The van der Waals surface area contributed by atoms with Gasteiger partial charge in [0.2, 0.25) is 12.2 Å². The fourth-order valence-corrected chi connectivity index (χ4v) is 2.73. The van der Waals surface area contributed by atoms with Crippen LogP contribution in [0.4, 0.5) is 52.7 Å². The maximum absolute atomic E-state index is 14.2. The molecule has 0 N–H and O–H groups in total. The Hall–Kier alpha value is -3.84. The second-order valence-corrected chi connectivity index (χ2v) is 6.95. The number of carbonyl (C=O) groups excluding carboxylic acids is 2. The minimum atomic E-state index is -6.33. The molecule has 0 radical (unpaired) electrons. The number of halogens is 12. The Bertz CT molecular complexity index is 1120. The van der Waals surface area contributed by atoms with E-state index in [1.165, 1.54) is 0 Å². The van der Waals surface area contributed by atoms with Gasteiger partial charge in [-0.05, 0) is 48.5 Å². The molecule has 0 aliphatic rings. The summed E-state index contributed by atoms with van der Waals surface area (Å²) < 4.78 is 167. The minimum Gasteiger partial charge on any atom is -0.457 e. The molecule has 5 nitrogen and oxygen atoms in total. The zero-order valence-electron chi connectivity index (χ0n) is 17.3. The van der Waals surface area contributed by atoms with Gasteiger partial charge in [-0.2, -0.15) is 52.7 Å². The Morgan fingerprint density at radius 3 is 1.00 bits per heavy atom. The number of benzene rings is 2. The molecule has 0 aromatic heterocycles. The Morgan fingerprint density at radius 1 is 0.514 bits per heavy atom. The number of aliphatic imine (C=N–C) groups is 2. The van der Waals surface area contributed by atoms with Crippen molar-refractivity contribution in [3.63, 3.8) is 0 Å². The third kappa shape index (κ3) is 5.04. The first-order valence-corrected chi connectivity index (χ1v) is 9.12. The molecule has 2 unspecified atom stereocenters. The van der Waals surface area contributed by atoms with Gasteiger partial charge in [-0.3, -0.25) is 0 Å². The summed E-state index contributed by atoms with van der Waals surface area (Å²) in [6, 6.07) is 3.27. The van der Waals surface area contributed by atoms with E-state index in [-0.39, 0.29) is 36.4 Å². The van der Waals surface area contributed by atoms with Crippen molar-refractivity contribution in [3.8, 4) is 11.5 Å². The van der Waals surface area contributed by atoms with Crippen LogP contribution in [0.1, 0.15) is 11.1 Å². The van der Waals surface area contributed by atoms with E-state index >= 15 is 0 Å². The van der Waals surface area contributed by atoms with E-state index < -0.39 is 58.4 Å². The second kappa shape index (κ2) is 9.56. The third-order valence-corrected chi connectivity index (χ3v) is 4.65. The van der Waals surface area contributed by atoms with Gasteiger partial charge < -0.3 is 4.74 Å². The molecule has 2 aromatic rings. The van der Waals surface area contributed by atoms with Crippen molar-refractivity contribution in [1.82, 2.24) is 0 Å². The lowest BCUT2D eigenvalue weighted by molar-refractivity contribution is -0.304. The van der Waals surface area contributed by atoms with Gasteiger partial charge in [0.25, 0.3) is 0 Å². The van der Waals surface area contributed by atoms with Crippen LogP contribution in [0.25, 0.3) is 0 Å². The second-order valence-electron chi connectivity index (χ2n) is 6.95. The highest BCUT2D eigenvalue weighted by molar-refractivity contribution is 5.41. The van der Waals surface area contributed by atoms with Crippen molar-refractivity contribution in [2.45, 2.75) is 35.8 Å². The first-order valence-electron chi connectivity index (χ1n) is 9.12. The molecule has 37 heavy (non-hydrogen) atoms. The number of isocyanates is 2. The number of rotatable bonds is 8. The van der Waals surface area contributed by atoms with Gasteiger partial charge in [-0.15, -0.1) is 9.98 Å². The zero-order valence-corrected chi connectivity index (χ0v) is 17.3. The minimum absolute atomic E-state index is 0.0856. The number of hydrogen-bond donors (Lipinski definition) is 0. The van der Waals surface area contributed by atoms with E-state index in [1.54, 1.807) is 9.98 Å². The summed E-state index contributed by atoms with van der Waals surface area (Å²) in [5.41, 5.74) is -3.23. The summed E-state index contributed by atoms with van der Waals surface area (Å²) in [6.07, 6.45) is -12.5. The Morgan fingerprint density at radius 2 is 0.784 bits per heavy atom. The standard InChI is InChI=1S/C20H8F12N2O3/c21-15(22,17(25,33-9-35)19(27,28)29)11-1-5-13(6-2-11)37-14-7-3-12(4-8-14)16(23,24)18(26,34-10-36)20(30,31)32/h1-8H. The predicted octanol–water partition coefficient (Wildman–Crippen LogP) is 6.79. The summed E-state index contributed by atoms with van der Waals surface area (Å²) >= 11 is 0. The summed E-state index contributed by atoms with van der Waals surface area (Å²) in [6.45, 7) is 0. The fourth-order valence-electron chi connectivity index (χ4n) is 2.73. The third-order valence-electron chi connectivity index (χ3n) is 4.65. The molecule has 0 saturated heterocycles. The van der Waals surface area contributed by atoms with Gasteiger partial charge in [0.1, 0.15) is 11.5 Å². The van der Waals surface area contributed by atoms with Crippen molar-refractivity contribution < 1.29 is 67.0 Å². The lowest BCUT2D eigenvalue weighted by Gasteiger charge is -2.30. The molecular weight excluding hydrogens is 544 g/mol. The van der Waals surface area contributed by atoms with Crippen molar-refractivity contribution >= 4 is 12.2 Å². The van der Waals surface area contributed by atoms with Crippen LogP contribution >= 0.6 is 0 Å². The maximum Gasteiger partial charge on any atom is 0.451 e. The SMILES string of the molecule is O=C=NC(F)(C(F)(F)F)C(F)(F)c1ccc(Oc2ccc(C(F)(F)C(F)(N=C=O)C(F)(F)F)cc2)cc1. The molecule has 0 spiro atoms. The highest BCUT2D eigenvalue weighted by Gasteiger charge is 2.74. The number of alkyl halides is 12. The smallest absolute Gasteiger partial charge is 0.451 e. The van der Waals surface area contributed by atoms with Crippen LogP contribution in [0.2, 0.25) is 0 Å². The Kier molecular flexibility index (Phi) is 7.59. The van der Waals surface area contributed by atoms with Crippen LogP contribution in [-0.4, -0.2) is 36.1 Å². The molecular formula is C20H8F12N2O3.